The molecule has 0 saturated heterocycles. The third-order valence-corrected chi connectivity index (χ3v) is 2.93. The van der Waals surface area contributed by atoms with Crippen molar-refractivity contribution in [2.75, 3.05) is 6.61 Å². The quantitative estimate of drug-likeness (QED) is 0.506. The number of benzene rings is 1. The standard InChI is InChI=1S/C15H20O3/c1-5-11(3)15(17)18-14-8-10(2)6-7-13(14)12(4)9-16/h5-8,12,16H,9H2,1-4H3/b11-5-. The first-order valence-electron chi connectivity index (χ1n) is 6.06. The fourth-order valence-electron chi connectivity index (χ4n) is 1.53. The SMILES string of the molecule is C/C=C(/C)C(=O)Oc1cc(C)ccc1C(C)CO. The first-order chi connectivity index (χ1) is 8.49. The van der Waals surface area contributed by atoms with Gasteiger partial charge in [-0.3, -0.25) is 0 Å². The summed E-state index contributed by atoms with van der Waals surface area (Å²) in [4.78, 5) is 11.8. The summed E-state index contributed by atoms with van der Waals surface area (Å²) >= 11 is 0. The van der Waals surface area contributed by atoms with Crippen molar-refractivity contribution >= 4 is 5.97 Å². The zero-order chi connectivity index (χ0) is 13.7. The van der Waals surface area contributed by atoms with Gasteiger partial charge in [0.15, 0.2) is 0 Å². The van der Waals surface area contributed by atoms with Crippen LogP contribution in [-0.4, -0.2) is 17.7 Å². The lowest BCUT2D eigenvalue weighted by molar-refractivity contribution is -0.130. The highest BCUT2D eigenvalue weighted by atomic mass is 16.5. The van der Waals surface area contributed by atoms with E-state index in [0.29, 0.717) is 11.3 Å². The first kappa shape index (κ1) is 14.5. The van der Waals surface area contributed by atoms with Crippen molar-refractivity contribution in [3.8, 4) is 5.75 Å². The Labute approximate surface area is 108 Å². The molecule has 0 heterocycles. The van der Waals surface area contributed by atoms with Gasteiger partial charge in [0.25, 0.3) is 0 Å². The zero-order valence-corrected chi connectivity index (χ0v) is 11.4. The lowest BCUT2D eigenvalue weighted by Crippen LogP contribution is -2.12. The molecule has 1 unspecified atom stereocenters. The topological polar surface area (TPSA) is 46.5 Å². The van der Waals surface area contributed by atoms with E-state index in [2.05, 4.69) is 0 Å². The summed E-state index contributed by atoms with van der Waals surface area (Å²) < 4.78 is 5.38. The molecule has 3 nitrogen and oxygen atoms in total. The predicted molar refractivity (Wildman–Crippen MR) is 71.7 cm³/mol. The Morgan fingerprint density at radius 3 is 2.72 bits per heavy atom. The second-order valence-electron chi connectivity index (χ2n) is 4.49. The third-order valence-electron chi connectivity index (χ3n) is 2.93. The van der Waals surface area contributed by atoms with E-state index in [1.165, 1.54) is 0 Å². The molecule has 0 bridgehead atoms. The third kappa shape index (κ3) is 3.44. The average Bonchev–Trinajstić information content (AvgIpc) is 2.37. The summed E-state index contributed by atoms with van der Waals surface area (Å²) in [7, 11) is 0. The highest BCUT2D eigenvalue weighted by molar-refractivity contribution is 5.89. The fourth-order valence-corrected chi connectivity index (χ4v) is 1.53. The van der Waals surface area contributed by atoms with Crippen LogP contribution < -0.4 is 4.74 Å². The predicted octanol–water partition coefficient (Wildman–Crippen LogP) is 2.96. The Morgan fingerprint density at radius 2 is 2.17 bits per heavy atom. The van der Waals surface area contributed by atoms with Crippen LogP contribution in [0.3, 0.4) is 0 Å². The molecule has 0 aromatic heterocycles. The number of carbonyl (C=O) groups is 1. The Balaban J connectivity index is 3.06. The molecule has 1 rings (SSSR count). The maximum atomic E-state index is 11.8. The number of aliphatic hydroxyl groups is 1. The highest BCUT2D eigenvalue weighted by Crippen LogP contribution is 2.28. The molecule has 1 atom stereocenters. The van der Waals surface area contributed by atoms with E-state index in [4.69, 9.17) is 4.74 Å². The number of aliphatic hydroxyl groups excluding tert-OH is 1. The molecular weight excluding hydrogens is 228 g/mol. The van der Waals surface area contributed by atoms with Crippen LogP contribution in [0, 0.1) is 6.92 Å². The van der Waals surface area contributed by atoms with Crippen LogP contribution in [0.25, 0.3) is 0 Å². The Kier molecular flexibility index (Phi) is 5.10. The molecule has 98 valence electrons. The van der Waals surface area contributed by atoms with Crippen LogP contribution in [0.15, 0.2) is 29.8 Å². The van der Waals surface area contributed by atoms with Crippen LogP contribution in [0.1, 0.15) is 37.8 Å². The molecule has 0 aliphatic carbocycles. The lowest BCUT2D eigenvalue weighted by atomic mass is 9.99. The van der Waals surface area contributed by atoms with Crippen molar-refractivity contribution in [1.29, 1.82) is 0 Å². The van der Waals surface area contributed by atoms with Crippen molar-refractivity contribution < 1.29 is 14.6 Å². The van der Waals surface area contributed by atoms with E-state index < -0.39 is 0 Å². The minimum atomic E-state index is -0.352. The Hall–Kier alpha value is -1.61. The number of esters is 1. The number of aryl methyl sites for hydroxylation is 1. The van der Waals surface area contributed by atoms with E-state index in [-0.39, 0.29) is 18.5 Å². The molecule has 18 heavy (non-hydrogen) atoms. The molecule has 0 amide bonds. The second-order valence-corrected chi connectivity index (χ2v) is 4.49. The van der Waals surface area contributed by atoms with Crippen molar-refractivity contribution in [2.24, 2.45) is 0 Å². The van der Waals surface area contributed by atoms with Crippen molar-refractivity contribution in [1.82, 2.24) is 0 Å². The van der Waals surface area contributed by atoms with Gasteiger partial charge >= 0.3 is 5.97 Å². The molecule has 0 fully saturated rings. The Bertz CT molecular complexity index is 461. The summed E-state index contributed by atoms with van der Waals surface area (Å²) in [6, 6.07) is 5.66. The van der Waals surface area contributed by atoms with Crippen LogP contribution in [0.5, 0.6) is 5.75 Å². The smallest absolute Gasteiger partial charge is 0.338 e. The van der Waals surface area contributed by atoms with E-state index in [9.17, 15) is 9.90 Å². The molecule has 0 aliphatic heterocycles. The number of allylic oxidation sites excluding steroid dienone is 1. The van der Waals surface area contributed by atoms with Gasteiger partial charge in [-0.1, -0.05) is 25.1 Å². The first-order valence-corrected chi connectivity index (χ1v) is 6.06. The zero-order valence-electron chi connectivity index (χ0n) is 11.4. The summed E-state index contributed by atoms with van der Waals surface area (Å²) in [6.45, 7) is 7.37. The van der Waals surface area contributed by atoms with Crippen LogP contribution in [0.4, 0.5) is 0 Å². The van der Waals surface area contributed by atoms with Crippen molar-refractivity contribution in [3.63, 3.8) is 0 Å². The summed E-state index contributed by atoms with van der Waals surface area (Å²) in [5.41, 5.74) is 2.43. The van der Waals surface area contributed by atoms with Crippen LogP contribution in [-0.2, 0) is 4.79 Å². The number of hydrogen-bond acceptors (Lipinski definition) is 3. The van der Waals surface area contributed by atoms with Crippen molar-refractivity contribution in [3.05, 3.63) is 41.0 Å². The number of ether oxygens (including phenoxy) is 1. The second kappa shape index (κ2) is 6.36. The maximum Gasteiger partial charge on any atom is 0.338 e. The molecule has 1 aromatic carbocycles. The van der Waals surface area contributed by atoms with E-state index in [1.54, 1.807) is 19.9 Å². The van der Waals surface area contributed by atoms with E-state index in [0.717, 1.165) is 11.1 Å². The molecule has 1 aromatic rings. The lowest BCUT2D eigenvalue weighted by Gasteiger charge is -2.15. The molecule has 0 radical (unpaired) electrons. The van der Waals surface area contributed by atoms with Gasteiger partial charge in [0.05, 0.1) is 0 Å². The van der Waals surface area contributed by atoms with Gasteiger partial charge in [0, 0.05) is 23.7 Å². The largest absolute Gasteiger partial charge is 0.423 e. The van der Waals surface area contributed by atoms with Gasteiger partial charge in [0.1, 0.15) is 5.75 Å². The minimum absolute atomic E-state index is 0.0240. The van der Waals surface area contributed by atoms with Crippen LogP contribution >= 0.6 is 0 Å². The number of hydrogen-bond donors (Lipinski definition) is 1. The van der Waals surface area contributed by atoms with Gasteiger partial charge in [-0.2, -0.15) is 0 Å². The van der Waals surface area contributed by atoms with Gasteiger partial charge in [-0.05, 0) is 32.4 Å². The van der Waals surface area contributed by atoms with E-state index >= 15 is 0 Å². The van der Waals surface area contributed by atoms with Gasteiger partial charge < -0.3 is 9.84 Å². The normalized spacial score (nSPS) is 13.3. The average molecular weight is 248 g/mol. The molecule has 0 saturated carbocycles. The number of carbonyl (C=O) groups excluding carboxylic acids is 1. The highest BCUT2D eigenvalue weighted by Gasteiger charge is 2.14. The minimum Gasteiger partial charge on any atom is -0.423 e. The molecule has 3 heteroatoms. The maximum absolute atomic E-state index is 11.8. The van der Waals surface area contributed by atoms with E-state index in [1.807, 2.05) is 32.0 Å². The summed E-state index contributed by atoms with van der Waals surface area (Å²) in [5, 5.41) is 9.22. The van der Waals surface area contributed by atoms with Gasteiger partial charge in [-0.25, -0.2) is 4.79 Å². The Morgan fingerprint density at radius 1 is 1.50 bits per heavy atom. The van der Waals surface area contributed by atoms with Gasteiger partial charge in [0.2, 0.25) is 0 Å². The summed E-state index contributed by atoms with van der Waals surface area (Å²) in [5.74, 6) is 0.122. The monoisotopic (exact) mass is 248 g/mol. The molecule has 0 spiro atoms. The van der Waals surface area contributed by atoms with Crippen molar-refractivity contribution in [2.45, 2.75) is 33.6 Å². The summed E-state index contributed by atoms with van der Waals surface area (Å²) in [6.07, 6.45) is 1.72. The van der Waals surface area contributed by atoms with Crippen LogP contribution in [0.2, 0.25) is 0 Å². The molecular formula is C15H20O3. The molecule has 0 aliphatic rings. The fraction of sp³-hybridized carbons (Fsp3) is 0.400. The molecule has 1 N–H and O–H groups in total. The number of rotatable bonds is 4. The van der Waals surface area contributed by atoms with Gasteiger partial charge in [-0.15, -0.1) is 0 Å².